The van der Waals surface area contributed by atoms with Crippen molar-refractivity contribution in [2.24, 2.45) is 0 Å². The molecule has 0 atom stereocenters. The molecule has 0 spiro atoms. The van der Waals surface area contributed by atoms with Gasteiger partial charge in [-0.25, -0.2) is 4.98 Å². The van der Waals surface area contributed by atoms with E-state index in [1.165, 1.54) is 5.56 Å². The Balaban J connectivity index is 2.15. The Morgan fingerprint density at radius 3 is 2.74 bits per heavy atom. The number of pyridine rings is 2. The first-order chi connectivity index (χ1) is 9.28. The molecule has 0 aliphatic heterocycles. The highest BCUT2D eigenvalue weighted by atomic mass is 16.5. The van der Waals surface area contributed by atoms with E-state index in [0.29, 0.717) is 5.88 Å². The van der Waals surface area contributed by atoms with Gasteiger partial charge in [-0.15, -0.1) is 0 Å². The summed E-state index contributed by atoms with van der Waals surface area (Å²) in [5.41, 5.74) is 4.46. The van der Waals surface area contributed by atoms with Gasteiger partial charge in [0.15, 0.2) is 0 Å². The summed E-state index contributed by atoms with van der Waals surface area (Å²) in [5, 5.41) is 1.10. The molecule has 0 amide bonds. The standard InChI is InChI=1S/C16H14N2O/c1-11-7-8-17-10-14(11)12-3-5-15-13(9-12)4-6-16(18-15)19-2/h3-10H,1-2H3. The van der Waals surface area contributed by atoms with E-state index in [2.05, 4.69) is 29.0 Å². The Hall–Kier alpha value is -2.42. The lowest BCUT2D eigenvalue weighted by Gasteiger charge is -2.07. The number of aromatic nitrogens is 2. The van der Waals surface area contributed by atoms with Crippen LogP contribution in [-0.4, -0.2) is 17.1 Å². The second kappa shape index (κ2) is 4.69. The SMILES string of the molecule is COc1ccc2cc(-c3cnccc3C)ccc2n1. The topological polar surface area (TPSA) is 35.0 Å². The largest absolute Gasteiger partial charge is 0.481 e. The van der Waals surface area contributed by atoms with E-state index in [1.54, 1.807) is 7.11 Å². The third kappa shape index (κ3) is 2.15. The highest BCUT2D eigenvalue weighted by molar-refractivity contribution is 5.85. The molecule has 3 heteroatoms. The van der Waals surface area contributed by atoms with Gasteiger partial charge in [0.25, 0.3) is 0 Å². The molecule has 0 saturated heterocycles. The van der Waals surface area contributed by atoms with Crippen LogP contribution in [-0.2, 0) is 0 Å². The second-order valence-corrected chi connectivity index (χ2v) is 4.45. The van der Waals surface area contributed by atoms with Crippen LogP contribution in [0.2, 0.25) is 0 Å². The highest BCUT2D eigenvalue weighted by Gasteiger charge is 2.04. The van der Waals surface area contributed by atoms with Crippen molar-refractivity contribution in [3.8, 4) is 17.0 Å². The number of ether oxygens (including phenoxy) is 1. The molecule has 2 heterocycles. The molecular formula is C16H14N2O. The van der Waals surface area contributed by atoms with Gasteiger partial charge in [-0.1, -0.05) is 6.07 Å². The summed E-state index contributed by atoms with van der Waals surface area (Å²) in [5.74, 6) is 0.637. The lowest BCUT2D eigenvalue weighted by molar-refractivity contribution is 0.399. The first-order valence-corrected chi connectivity index (χ1v) is 6.14. The first kappa shape index (κ1) is 11.7. The molecular weight excluding hydrogens is 236 g/mol. The average Bonchev–Trinajstić information content (AvgIpc) is 2.46. The molecule has 3 rings (SSSR count). The third-order valence-corrected chi connectivity index (χ3v) is 3.22. The van der Waals surface area contributed by atoms with E-state index < -0.39 is 0 Å². The molecule has 94 valence electrons. The lowest BCUT2D eigenvalue weighted by atomic mass is 10.0. The van der Waals surface area contributed by atoms with E-state index in [1.807, 2.05) is 36.7 Å². The van der Waals surface area contributed by atoms with E-state index >= 15 is 0 Å². The Kier molecular flexibility index (Phi) is 2.88. The van der Waals surface area contributed by atoms with Gasteiger partial charge in [0.2, 0.25) is 5.88 Å². The zero-order valence-electron chi connectivity index (χ0n) is 10.9. The minimum absolute atomic E-state index is 0.637. The fourth-order valence-corrected chi connectivity index (χ4v) is 2.15. The van der Waals surface area contributed by atoms with Crippen molar-refractivity contribution >= 4 is 10.9 Å². The minimum Gasteiger partial charge on any atom is -0.481 e. The molecule has 0 N–H and O–H groups in total. The molecule has 3 nitrogen and oxygen atoms in total. The monoisotopic (exact) mass is 250 g/mol. The van der Waals surface area contributed by atoms with Crippen molar-refractivity contribution in [1.29, 1.82) is 0 Å². The Labute approximate surface area is 111 Å². The molecule has 0 aliphatic carbocycles. The number of hydrogen-bond donors (Lipinski definition) is 0. The van der Waals surface area contributed by atoms with Crippen LogP contribution in [0.4, 0.5) is 0 Å². The molecule has 0 unspecified atom stereocenters. The zero-order valence-corrected chi connectivity index (χ0v) is 10.9. The highest BCUT2D eigenvalue weighted by Crippen LogP contribution is 2.26. The molecule has 0 radical (unpaired) electrons. The van der Waals surface area contributed by atoms with Gasteiger partial charge in [-0.3, -0.25) is 4.98 Å². The van der Waals surface area contributed by atoms with Gasteiger partial charge in [0.1, 0.15) is 0 Å². The minimum atomic E-state index is 0.637. The molecule has 3 aromatic rings. The summed E-state index contributed by atoms with van der Waals surface area (Å²) in [4.78, 5) is 8.61. The van der Waals surface area contributed by atoms with Gasteiger partial charge >= 0.3 is 0 Å². The van der Waals surface area contributed by atoms with Crippen LogP contribution in [0.1, 0.15) is 5.56 Å². The number of benzene rings is 1. The molecule has 2 aromatic heterocycles. The normalized spacial score (nSPS) is 10.6. The van der Waals surface area contributed by atoms with Gasteiger partial charge in [0, 0.05) is 29.4 Å². The number of methoxy groups -OCH3 is 1. The molecule has 19 heavy (non-hydrogen) atoms. The van der Waals surface area contributed by atoms with Crippen LogP contribution >= 0.6 is 0 Å². The second-order valence-electron chi connectivity index (χ2n) is 4.45. The lowest BCUT2D eigenvalue weighted by Crippen LogP contribution is -1.89. The average molecular weight is 250 g/mol. The summed E-state index contributed by atoms with van der Waals surface area (Å²) >= 11 is 0. The van der Waals surface area contributed by atoms with E-state index in [0.717, 1.165) is 22.0 Å². The van der Waals surface area contributed by atoms with Crippen molar-refractivity contribution in [2.75, 3.05) is 7.11 Å². The summed E-state index contributed by atoms with van der Waals surface area (Å²) < 4.78 is 5.14. The maximum absolute atomic E-state index is 5.14. The number of hydrogen-bond acceptors (Lipinski definition) is 3. The molecule has 1 aromatic carbocycles. The Bertz CT molecular complexity index is 738. The smallest absolute Gasteiger partial charge is 0.213 e. The maximum Gasteiger partial charge on any atom is 0.213 e. The van der Waals surface area contributed by atoms with Crippen LogP contribution in [0.15, 0.2) is 48.8 Å². The molecule has 0 aliphatic rings. The van der Waals surface area contributed by atoms with Gasteiger partial charge in [0.05, 0.1) is 12.6 Å². The predicted octanol–water partition coefficient (Wildman–Crippen LogP) is 3.61. The fraction of sp³-hybridized carbons (Fsp3) is 0.125. The van der Waals surface area contributed by atoms with Crippen molar-refractivity contribution in [3.05, 3.63) is 54.4 Å². The van der Waals surface area contributed by atoms with Crippen molar-refractivity contribution < 1.29 is 4.74 Å². The Morgan fingerprint density at radius 2 is 1.95 bits per heavy atom. The van der Waals surface area contributed by atoms with Crippen molar-refractivity contribution in [3.63, 3.8) is 0 Å². The molecule has 0 saturated carbocycles. The molecule has 0 bridgehead atoms. The number of aryl methyl sites for hydroxylation is 1. The van der Waals surface area contributed by atoms with Gasteiger partial charge < -0.3 is 4.74 Å². The third-order valence-electron chi connectivity index (χ3n) is 3.22. The van der Waals surface area contributed by atoms with Gasteiger partial charge in [-0.2, -0.15) is 0 Å². The summed E-state index contributed by atoms with van der Waals surface area (Å²) in [6.45, 7) is 2.09. The quantitative estimate of drug-likeness (QED) is 0.696. The number of nitrogens with zero attached hydrogens (tertiary/aromatic N) is 2. The predicted molar refractivity (Wildman–Crippen MR) is 76.3 cm³/mol. The van der Waals surface area contributed by atoms with E-state index in [9.17, 15) is 0 Å². The Morgan fingerprint density at radius 1 is 1.05 bits per heavy atom. The fourth-order valence-electron chi connectivity index (χ4n) is 2.15. The van der Waals surface area contributed by atoms with Crippen LogP contribution in [0, 0.1) is 6.92 Å². The maximum atomic E-state index is 5.14. The molecule has 0 fully saturated rings. The van der Waals surface area contributed by atoms with Crippen LogP contribution in [0.3, 0.4) is 0 Å². The van der Waals surface area contributed by atoms with Crippen LogP contribution < -0.4 is 4.74 Å². The summed E-state index contributed by atoms with van der Waals surface area (Å²) in [6.07, 6.45) is 3.71. The van der Waals surface area contributed by atoms with E-state index in [-0.39, 0.29) is 0 Å². The number of fused-ring (bicyclic) bond motifs is 1. The summed E-state index contributed by atoms with van der Waals surface area (Å²) in [6, 6.07) is 12.1. The van der Waals surface area contributed by atoms with Crippen molar-refractivity contribution in [2.45, 2.75) is 6.92 Å². The van der Waals surface area contributed by atoms with Gasteiger partial charge in [-0.05, 0) is 42.3 Å². The first-order valence-electron chi connectivity index (χ1n) is 6.14. The van der Waals surface area contributed by atoms with Crippen LogP contribution in [0.25, 0.3) is 22.0 Å². The van der Waals surface area contributed by atoms with Crippen molar-refractivity contribution in [1.82, 2.24) is 9.97 Å². The van der Waals surface area contributed by atoms with E-state index in [4.69, 9.17) is 4.74 Å². The van der Waals surface area contributed by atoms with Crippen LogP contribution in [0.5, 0.6) is 5.88 Å². The summed E-state index contributed by atoms with van der Waals surface area (Å²) in [7, 11) is 1.63. The zero-order chi connectivity index (χ0) is 13.2. The number of rotatable bonds is 2.